The number of hydrogen-bond acceptors (Lipinski definition) is 1. The third kappa shape index (κ3) is 9.00. The fourth-order valence-electron chi connectivity index (χ4n) is 1.31. The first-order valence-corrected chi connectivity index (χ1v) is 5.89. The largest absolute Gasteiger partial charge is 0.441 e. The first kappa shape index (κ1) is 14.4. The van der Waals surface area contributed by atoms with Gasteiger partial charge in [0.1, 0.15) is 0 Å². The standard InChI is InChI=1S/C9H16ClF3S/c1-7(10)6-8(2,3)4-5-14-9(11,12)13/h7H,4-6H2,1-3H3. The predicted octanol–water partition coefficient (Wildman–Crippen LogP) is 4.67. The summed E-state index contributed by atoms with van der Waals surface area (Å²) in [7, 11) is 0. The summed E-state index contributed by atoms with van der Waals surface area (Å²) < 4.78 is 35.5. The van der Waals surface area contributed by atoms with Gasteiger partial charge in [-0.1, -0.05) is 25.6 Å². The lowest BCUT2D eigenvalue weighted by Gasteiger charge is -2.25. The van der Waals surface area contributed by atoms with E-state index in [9.17, 15) is 13.2 Å². The summed E-state index contributed by atoms with van der Waals surface area (Å²) in [6, 6.07) is 0. The molecular formula is C9H16ClF3S. The van der Waals surface area contributed by atoms with Crippen molar-refractivity contribution in [2.24, 2.45) is 5.41 Å². The highest BCUT2D eigenvalue weighted by Crippen LogP contribution is 2.35. The first-order valence-electron chi connectivity index (χ1n) is 4.47. The second-order valence-corrected chi connectivity index (χ2v) is 6.10. The Hall–Kier alpha value is 0.430. The Balaban J connectivity index is 3.76. The van der Waals surface area contributed by atoms with Gasteiger partial charge in [0.2, 0.25) is 0 Å². The zero-order valence-corrected chi connectivity index (χ0v) is 10.2. The second-order valence-electron chi connectivity index (χ2n) is 4.19. The van der Waals surface area contributed by atoms with E-state index in [-0.39, 0.29) is 28.3 Å². The minimum Gasteiger partial charge on any atom is -0.160 e. The van der Waals surface area contributed by atoms with Crippen molar-refractivity contribution in [3.05, 3.63) is 0 Å². The molecule has 0 saturated carbocycles. The number of hydrogen-bond donors (Lipinski definition) is 0. The van der Waals surface area contributed by atoms with Crippen LogP contribution in [0.5, 0.6) is 0 Å². The predicted molar refractivity (Wildman–Crippen MR) is 56.8 cm³/mol. The molecule has 0 bridgehead atoms. The molecule has 0 aromatic carbocycles. The van der Waals surface area contributed by atoms with E-state index < -0.39 is 5.51 Å². The van der Waals surface area contributed by atoms with Crippen molar-refractivity contribution in [1.29, 1.82) is 0 Å². The topological polar surface area (TPSA) is 0 Å². The van der Waals surface area contributed by atoms with E-state index in [1.54, 1.807) is 0 Å². The summed E-state index contributed by atoms with van der Waals surface area (Å²) >= 11 is 5.85. The smallest absolute Gasteiger partial charge is 0.160 e. The van der Waals surface area contributed by atoms with Gasteiger partial charge in [-0.3, -0.25) is 0 Å². The monoisotopic (exact) mass is 248 g/mol. The van der Waals surface area contributed by atoms with E-state index in [0.717, 1.165) is 6.42 Å². The molecule has 0 aromatic rings. The van der Waals surface area contributed by atoms with E-state index in [4.69, 9.17) is 11.6 Å². The first-order chi connectivity index (χ1) is 6.12. The van der Waals surface area contributed by atoms with Crippen LogP contribution in [0, 0.1) is 5.41 Å². The lowest BCUT2D eigenvalue weighted by Crippen LogP contribution is -2.17. The van der Waals surface area contributed by atoms with Gasteiger partial charge < -0.3 is 0 Å². The minimum atomic E-state index is -4.11. The Bertz CT molecular complexity index is 166. The Kier molecular flexibility index (Phi) is 5.67. The van der Waals surface area contributed by atoms with Gasteiger partial charge in [0.15, 0.2) is 0 Å². The van der Waals surface area contributed by atoms with Gasteiger partial charge in [-0.25, -0.2) is 0 Å². The van der Waals surface area contributed by atoms with E-state index in [1.165, 1.54) is 0 Å². The van der Waals surface area contributed by atoms with Crippen molar-refractivity contribution < 1.29 is 13.2 Å². The molecule has 0 rings (SSSR count). The fourth-order valence-corrected chi connectivity index (χ4v) is 2.61. The maximum Gasteiger partial charge on any atom is 0.441 e. The molecule has 1 unspecified atom stereocenters. The van der Waals surface area contributed by atoms with Crippen molar-refractivity contribution in [2.75, 3.05) is 5.75 Å². The molecule has 0 spiro atoms. The van der Waals surface area contributed by atoms with Crippen LogP contribution < -0.4 is 0 Å². The number of thioether (sulfide) groups is 1. The van der Waals surface area contributed by atoms with Crippen LogP contribution in [0.4, 0.5) is 13.2 Å². The van der Waals surface area contributed by atoms with Crippen LogP contribution in [0.25, 0.3) is 0 Å². The molecule has 0 aliphatic heterocycles. The highest BCUT2D eigenvalue weighted by molar-refractivity contribution is 8.00. The van der Waals surface area contributed by atoms with Crippen molar-refractivity contribution in [3.63, 3.8) is 0 Å². The van der Waals surface area contributed by atoms with E-state index in [2.05, 4.69) is 0 Å². The zero-order chi connectivity index (χ0) is 11.4. The average molecular weight is 249 g/mol. The maximum atomic E-state index is 11.8. The van der Waals surface area contributed by atoms with Gasteiger partial charge in [-0.15, -0.1) is 11.6 Å². The molecular weight excluding hydrogens is 233 g/mol. The summed E-state index contributed by atoms with van der Waals surface area (Å²) in [4.78, 5) is 0. The van der Waals surface area contributed by atoms with Gasteiger partial charge >= 0.3 is 5.51 Å². The van der Waals surface area contributed by atoms with Crippen LogP contribution in [0.1, 0.15) is 33.6 Å². The van der Waals surface area contributed by atoms with Crippen molar-refractivity contribution in [1.82, 2.24) is 0 Å². The maximum absolute atomic E-state index is 11.8. The lowest BCUT2D eigenvalue weighted by molar-refractivity contribution is -0.0328. The quantitative estimate of drug-likeness (QED) is 0.637. The SMILES string of the molecule is CC(Cl)CC(C)(C)CCSC(F)(F)F. The Morgan fingerprint density at radius 3 is 2.14 bits per heavy atom. The van der Waals surface area contributed by atoms with E-state index in [1.807, 2.05) is 20.8 Å². The lowest BCUT2D eigenvalue weighted by atomic mass is 9.85. The number of rotatable bonds is 5. The molecule has 0 N–H and O–H groups in total. The molecule has 0 saturated heterocycles. The van der Waals surface area contributed by atoms with Crippen molar-refractivity contribution >= 4 is 23.4 Å². The summed E-state index contributed by atoms with van der Waals surface area (Å²) in [6.07, 6.45) is 1.28. The summed E-state index contributed by atoms with van der Waals surface area (Å²) in [6.45, 7) is 5.76. The number of alkyl halides is 4. The van der Waals surface area contributed by atoms with E-state index >= 15 is 0 Å². The van der Waals surface area contributed by atoms with Crippen LogP contribution in [-0.4, -0.2) is 16.6 Å². The van der Waals surface area contributed by atoms with Gasteiger partial charge in [0.25, 0.3) is 0 Å². The third-order valence-corrected chi connectivity index (χ3v) is 2.77. The molecule has 0 aliphatic rings. The highest BCUT2D eigenvalue weighted by atomic mass is 35.5. The summed E-state index contributed by atoms with van der Waals surface area (Å²) in [5.74, 6) is 0.111. The Labute approximate surface area is 92.6 Å². The molecule has 1 atom stereocenters. The second kappa shape index (κ2) is 5.50. The minimum absolute atomic E-state index is 0.0147. The normalized spacial score (nSPS) is 15.6. The molecule has 0 radical (unpaired) electrons. The molecule has 86 valence electrons. The van der Waals surface area contributed by atoms with Gasteiger partial charge in [0, 0.05) is 11.1 Å². The molecule has 0 heterocycles. The molecule has 5 heteroatoms. The van der Waals surface area contributed by atoms with E-state index in [0.29, 0.717) is 6.42 Å². The van der Waals surface area contributed by atoms with Crippen LogP contribution in [0.15, 0.2) is 0 Å². The van der Waals surface area contributed by atoms with Gasteiger partial charge in [-0.05, 0) is 25.2 Å². The summed E-state index contributed by atoms with van der Waals surface area (Å²) in [5.41, 5.74) is -4.22. The Morgan fingerprint density at radius 1 is 1.29 bits per heavy atom. The zero-order valence-electron chi connectivity index (χ0n) is 8.62. The van der Waals surface area contributed by atoms with Crippen LogP contribution >= 0.6 is 23.4 Å². The van der Waals surface area contributed by atoms with Crippen LogP contribution in [0.3, 0.4) is 0 Å². The molecule has 0 fully saturated rings. The molecule has 0 amide bonds. The van der Waals surface area contributed by atoms with Crippen LogP contribution in [-0.2, 0) is 0 Å². The van der Waals surface area contributed by atoms with Gasteiger partial charge in [0.05, 0.1) is 0 Å². The van der Waals surface area contributed by atoms with Crippen molar-refractivity contribution in [2.45, 2.75) is 44.5 Å². The summed E-state index contributed by atoms with van der Waals surface area (Å²) in [5, 5.41) is 0.0147. The molecule has 14 heavy (non-hydrogen) atoms. The van der Waals surface area contributed by atoms with Gasteiger partial charge in [-0.2, -0.15) is 13.2 Å². The molecule has 0 aromatic heterocycles. The molecule has 0 aliphatic carbocycles. The Morgan fingerprint density at radius 2 is 1.79 bits per heavy atom. The highest BCUT2D eigenvalue weighted by Gasteiger charge is 2.29. The average Bonchev–Trinajstić information content (AvgIpc) is 1.78. The fraction of sp³-hybridized carbons (Fsp3) is 1.00. The van der Waals surface area contributed by atoms with Crippen molar-refractivity contribution in [3.8, 4) is 0 Å². The third-order valence-electron chi connectivity index (χ3n) is 1.88. The molecule has 0 nitrogen and oxygen atoms in total. The number of halogens is 4. The van der Waals surface area contributed by atoms with Crippen LogP contribution in [0.2, 0.25) is 0 Å².